The smallest absolute Gasteiger partial charge is 0.252 e. The van der Waals surface area contributed by atoms with Gasteiger partial charge in [-0.3, -0.25) is 4.21 Å². The lowest BCUT2D eigenvalue weighted by molar-refractivity contribution is 0.368. The highest BCUT2D eigenvalue weighted by atomic mass is 32.2. The van der Waals surface area contributed by atoms with Crippen molar-refractivity contribution in [3.63, 3.8) is 0 Å². The van der Waals surface area contributed by atoms with Crippen LogP contribution in [0.2, 0.25) is 0 Å². The molecule has 0 saturated carbocycles. The van der Waals surface area contributed by atoms with Crippen molar-refractivity contribution in [3.05, 3.63) is 47.6 Å². The summed E-state index contributed by atoms with van der Waals surface area (Å²) in [6.07, 6.45) is -1.93. The first-order chi connectivity index (χ1) is 10.6. The molecule has 0 saturated heterocycles. The van der Waals surface area contributed by atoms with Crippen molar-refractivity contribution in [1.82, 2.24) is 4.98 Å². The molecule has 0 radical (unpaired) electrons. The summed E-state index contributed by atoms with van der Waals surface area (Å²) in [7, 11) is -1.28. The number of nitrogens with zero attached hydrogens (tertiary/aromatic N) is 1. The molecule has 2 rings (SSSR count). The zero-order valence-corrected chi connectivity index (χ0v) is 13.2. The average Bonchev–Trinajstić information content (AvgIpc) is 3.02. The van der Waals surface area contributed by atoms with Crippen molar-refractivity contribution in [3.8, 4) is 11.3 Å². The van der Waals surface area contributed by atoms with E-state index >= 15 is 0 Å². The molecule has 1 heterocycles. The van der Waals surface area contributed by atoms with Crippen LogP contribution in [0.25, 0.3) is 11.3 Å². The van der Waals surface area contributed by atoms with Gasteiger partial charge in [0.2, 0.25) is 0 Å². The Hall–Kier alpha value is -1.47. The Kier molecular flexibility index (Phi) is 6.33. The molecule has 118 valence electrons. The summed E-state index contributed by atoms with van der Waals surface area (Å²) in [5.74, 6) is -1.09. The van der Waals surface area contributed by atoms with Gasteiger partial charge in [0.05, 0.1) is 16.5 Å². The fourth-order valence-electron chi connectivity index (χ4n) is 1.80. The van der Waals surface area contributed by atoms with E-state index in [0.717, 1.165) is 11.3 Å². The predicted molar refractivity (Wildman–Crippen MR) is 83.0 cm³/mol. The van der Waals surface area contributed by atoms with Gasteiger partial charge in [0.25, 0.3) is 0 Å². The molecule has 1 aromatic carbocycles. The third-order valence-corrected chi connectivity index (χ3v) is 5.55. The van der Waals surface area contributed by atoms with Gasteiger partial charge in [0.15, 0.2) is 10.2 Å². The van der Waals surface area contributed by atoms with Gasteiger partial charge < -0.3 is 0 Å². The number of rotatable bonds is 7. The molecular formula is C15H14F3NOS2. The number of hydrogen-bond donors (Lipinski definition) is 0. The molecular weight excluding hydrogens is 331 g/mol. The maximum Gasteiger partial charge on any atom is 0.301 e. The van der Waals surface area contributed by atoms with Crippen LogP contribution in [0.3, 0.4) is 0 Å². The van der Waals surface area contributed by atoms with E-state index in [-0.39, 0.29) is 12.8 Å². The second-order valence-electron chi connectivity index (χ2n) is 4.54. The monoisotopic (exact) mass is 345 g/mol. The Morgan fingerprint density at radius 3 is 2.55 bits per heavy atom. The minimum atomic E-state index is -2.27. The third-order valence-electron chi connectivity index (χ3n) is 2.93. The molecule has 22 heavy (non-hydrogen) atoms. The van der Waals surface area contributed by atoms with E-state index in [9.17, 15) is 17.4 Å². The maximum atomic E-state index is 12.6. The van der Waals surface area contributed by atoms with Gasteiger partial charge >= 0.3 is 6.08 Å². The van der Waals surface area contributed by atoms with Gasteiger partial charge in [-0.2, -0.15) is 8.78 Å². The number of thiazole rings is 1. The standard InChI is InChI=1S/C15H14F3NOS2/c16-12(14(17)18)8-4-5-9-22(20)15-19-13(10-21-15)11-6-2-1-3-7-11/h1-3,6-7,10H,4-5,8-9H2. The average molecular weight is 345 g/mol. The van der Waals surface area contributed by atoms with E-state index in [4.69, 9.17) is 0 Å². The Bertz CT molecular complexity index is 666. The van der Waals surface area contributed by atoms with Crippen molar-refractivity contribution in [2.75, 3.05) is 5.75 Å². The summed E-state index contributed by atoms with van der Waals surface area (Å²) in [5, 5.41) is 1.84. The van der Waals surface area contributed by atoms with Crippen molar-refractivity contribution >= 4 is 22.1 Å². The number of aromatic nitrogens is 1. The molecule has 0 bridgehead atoms. The van der Waals surface area contributed by atoms with Gasteiger partial charge in [0, 0.05) is 23.1 Å². The Labute approximate surface area is 133 Å². The quantitative estimate of drug-likeness (QED) is 0.648. The summed E-state index contributed by atoms with van der Waals surface area (Å²) in [6.45, 7) is 0. The van der Waals surface area contributed by atoms with E-state index in [2.05, 4.69) is 4.98 Å². The predicted octanol–water partition coefficient (Wildman–Crippen LogP) is 5.17. The fraction of sp³-hybridized carbons (Fsp3) is 0.267. The molecule has 2 aromatic rings. The molecule has 0 fully saturated rings. The molecule has 0 amide bonds. The molecule has 1 unspecified atom stereocenters. The largest absolute Gasteiger partial charge is 0.301 e. The molecule has 0 aliphatic rings. The van der Waals surface area contributed by atoms with Crippen molar-refractivity contribution in [2.45, 2.75) is 23.6 Å². The van der Waals surface area contributed by atoms with E-state index in [1.165, 1.54) is 11.3 Å². The summed E-state index contributed by atoms with van der Waals surface area (Å²) < 4.78 is 48.9. The van der Waals surface area contributed by atoms with Crippen LogP contribution in [0, 0.1) is 0 Å². The van der Waals surface area contributed by atoms with Gasteiger partial charge in [-0.05, 0) is 12.8 Å². The second kappa shape index (κ2) is 8.24. The van der Waals surface area contributed by atoms with E-state index in [1.54, 1.807) is 0 Å². The highest BCUT2D eigenvalue weighted by molar-refractivity contribution is 7.87. The first-order valence-electron chi connectivity index (χ1n) is 6.67. The molecule has 0 spiro atoms. The van der Waals surface area contributed by atoms with E-state index in [1.807, 2.05) is 35.7 Å². The van der Waals surface area contributed by atoms with Crippen LogP contribution in [0.15, 0.2) is 52.0 Å². The van der Waals surface area contributed by atoms with Crippen molar-refractivity contribution < 1.29 is 17.4 Å². The highest BCUT2D eigenvalue weighted by Gasteiger charge is 2.11. The SMILES string of the molecule is O=S(CCCCC(F)=C(F)F)c1nc(-c2ccccc2)cs1. The Morgan fingerprint density at radius 1 is 1.14 bits per heavy atom. The number of halogens is 3. The van der Waals surface area contributed by atoms with E-state index < -0.39 is 22.7 Å². The summed E-state index contributed by atoms with van der Waals surface area (Å²) in [4.78, 5) is 4.34. The third kappa shape index (κ3) is 4.78. The summed E-state index contributed by atoms with van der Waals surface area (Å²) >= 11 is 1.31. The normalized spacial score (nSPS) is 12.1. The molecule has 2 nitrogen and oxygen atoms in total. The topological polar surface area (TPSA) is 30.0 Å². The van der Waals surface area contributed by atoms with Crippen LogP contribution in [0.1, 0.15) is 19.3 Å². The number of hydrogen-bond acceptors (Lipinski definition) is 3. The first kappa shape index (κ1) is 16.9. The van der Waals surface area contributed by atoms with Crippen LogP contribution >= 0.6 is 11.3 Å². The van der Waals surface area contributed by atoms with Crippen molar-refractivity contribution in [2.24, 2.45) is 0 Å². The molecule has 0 aliphatic carbocycles. The minimum Gasteiger partial charge on any atom is -0.252 e. The zero-order valence-electron chi connectivity index (χ0n) is 11.6. The first-order valence-corrected chi connectivity index (χ1v) is 8.86. The zero-order chi connectivity index (χ0) is 15.9. The molecule has 1 aromatic heterocycles. The molecule has 1 atom stereocenters. The Balaban J connectivity index is 1.86. The van der Waals surface area contributed by atoms with Crippen LogP contribution in [-0.2, 0) is 10.8 Å². The number of unbranched alkanes of at least 4 members (excludes halogenated alkanes) is 1. The lowest BCUT2D eigenvalue weighted by Gasteiger charge is -1.99. The Morgan fingerprint density at radius 2 is 1.86 bits per heavy atom. The molecule has 0 aliphatic heterocycles. The molecule has 0 N–H and O–H groups in total. The van der Waals surface area contributed by atoms with Gasteiger partial charge in [0.1, 0.15) is 0 Å². The maximum absolute atomic E-state index is 12.6. The van der Waals surface area contributed by atoms with Crippen LogP contribution < -0.4 is 0 Å². The van der Waals surface area contributed by atoms with Gasteiger partial charge in [-0.1, -0.05) is 30.3 Å². The lowest BCUT2D eigenvalue weighted by atomic mass is 10.2. The van der Waals surface area contributed by atoms with Crippen LogP contribution in [0.5, 0.6) is 0 Å². The van der Waals surface area contributed by atoms with Crippen LogP contribution in [0.4, 0.5) is 13.2 Å². The highest BCUT2D eigenvalue weighted by Crippen LogP contribution is 2.24. The minimum absolute atomic E-state index is 0.242. The lowest BCUT2D eigenvalue weighted by Crippen LogP contribution is -1.98. The number of allylic oxidation sites excluding steroid dienone is 1. The summed E-state index contributed by atoms with van der Waals surface area (Å²) in [6, 6.07) is 9.54. The number of benzene rings is 1. The second-order valence-corrected chi connectivity index (χ2v) is 7.14. The van der Waals surface area contributed by atoms with E-state index in [0.29, 0.717) is 16.5 Å². The van der Waals surface area contributed by atoms with Crippen molar-refractivity contribution in [1.29, 1.82) is 0 Å². The fourth-order valence-corrected chi connectivity index (χ4v) is 4.02. The molecule has 7 heteroatoms. The summed E-state index contributed by atoms with van der Waals surface area (Å²) in [5.41, 5.74) is 1.72. The van der Waals surface area contributed by atoms with Gasteiger partial charge in [-0.15, -0.1) is 11.3 Å². The van der Waals surface area contributed by atoms with Gasteiger partial charge in [-0.25, -0.2) is 9.37 Å². The van der Waals surface area contributed by atoms with Crippen LogP contribution in [-0.4, -0.2) is 14.9 Å².